The molecular weight excluding hydrogens is 424 g/mol. The zero-order chi connectivity index (χ0) is 24.0. The standard InChI is InChI=1S/C30H32O4/c1-28(2)14-29(3,4)16-30(15-28)19-9-7-6-8-17(19)24-20(30)13-22(32)18-12-23(33-5)27-26(25(18)24)21(31)10-11-34-27/h6-9,12-13,32H,10-11,14-16H2,1-5H3. The second kappa shape index (κ2) is 6.78. The number of phenols is 1. The fraction of sp³-hybridized carbons (Fsp3) is 0.433. The number of hydrogen-bond donors (Lipinski definition) is 1. The molecule has 0 aromatic heterocycles. The van der Waals surface area contributed by atoms with Gasteiger partial charge in [0.1, 0.15) is 5.75 Å². The Balaban J connectivity index is 1.79. The molecule has 0 radical (unpaired) electrons. The van der Waals surface area contributed by atoms with Crippen molar-refractivity contribution in [1.82, 2.24) is 0 Å². The zero-order valence-corrected chi connectivity index (χ0v) is 20.7. The van der Waals surface area contributed by atoms with E-state index in [0.717, 1.165) is 35.8 Å². The van der Waals surface area contributed by atoms with Crippen molar-refractivity contribution in [2.45, 2.75) is 58.8 Å². The van der Waals surface area contributed by atoms with Gasteiger partial charge in [0.2, 0.25) is 0 Å². The second-order valence-electron chi connectivity index (χ2n) is 12.0. The highest BCUT2D eigenvalue weighted by molar-refractivity contribution is 6.19. The molecule has 1 N–H and O–H groups in total. The fourth-order valence-electron chi connectivity index (χ4n) is 7.87. The SMILES string of the molecule is COc1cc2c(O)cc3c(c2c2c1OCCC2=O)-c1ccccc1C31CC(C)(C)CC(C)(C)C1. The summed E-state index contributed by atoms with van der Waals surface area (Å²) in [5, 5.41) is 12.8. The molecule has 1 heterocycles. The highest BCUT2D eigenvalue weighted by Crippen LogP contribution is 2.65. The fourth-order valence-corrected chi connectivity index (χ4v) is 7.87. The number of Topliss-reactive ketones (excluding diaryl/α,β-unsaturated/α-hetero) is 1. The third kappa shape index (κ3) is 2.80. The van der Waals surface area contributed by atoms with Crippen molar-refractivity contribution in [2.24, 2.45) is 10.8 Å². The topological polar surface area (TPSA) is 55.8 Å². The normalized spacial score (nSPS) is 21.0. The summed E-state index contributed by atoms with van der Waals surface area (Å²) < 4.78 is 11.6. The lowest BCUT2D eigenvalue weighted by atomic mass is 9.52. The number of ketones is 1. The molecule has 4 nitrogen and oxygen atoms in total. The molecule has 176 valence electrons. The highest BCUT2D eigenvalue weighted by Gasteiger charge is 2.54. The van der Waals surface area contributed by atoms with E-state index in [0.29, 0.717) is 35.5 Å². The monoisotopic (exact) mass is 456 g/mol. The Hall–Kier alpha value is -3.01. The minimum atomic E-state index is -0.214. The largest absolute Gasteiger partial charge is 0.507 e. The first-order valence-corrected chi connectivity index (χ1v) is 12.2. The maximum Gasteiger partial charge on any atom is 0.172 e. The number of phenolic OH excluding ortho intramolecular Hbond substituents is 1. The minimum Gasteiger partial charge on any atom is -0.507 e. The van der Waals surface area contributed by atoms with E-state index in [2.05, 4.69) is 52.0 Å². The molecule has 3 aromatic carbocycles. The van der Waals surface area contributed by atoms with Crippen LogP contribution >= 0.6 is 0 Å². The molecule has 6 rings (SSSR count). The Kier molecular flexibility index (Phi) is 4.29. The number of methoxy groups -OCH3 is 1. The summed E-state index contributed by atoms with van der Waals surface area (Å²) >= 11 is 0. The first-order valence-electron chi connectivity index (χ1n) is 12.2. The molecule has 3 aliphatic rings. The Morgan fingerprint density at radius 2 is 1.65 bits per heavy atom. The maximum absolute atomic E-state index is 13.3. The van der Waals surface area contributed by atoms with Crippen LogP contribution in [0.5, 0.6) is 17.2 Å². The third-order valence-electron chi connectivity index (χ3n) is 8.14. The maximum atomic E-state index is 13.3. The van der Waals surface area contributed by atoms with E-state index >= 15 is 0 Å². The lowest BCUT2D eigenvalue weighted by molar-refractivity contribution is 0.0645. The summed E-state index contributed by atoms with van der Waals surface area (Å²) in [4.78, 5) is 13.3. The van der Waals surface area contributed by atoms with Gasteiger partial charge >= 0.3 is 0 Å². The van der Waals surface area contributed by atoms with Gasteiger partial charge in [-0.05, 0) is 64.5 Å². The van der Waals surface area contributed by atoms with Crippen molar-refractivity contribution in [3.63, 3.8) is 0 Å². The van der Waals surface area contributed by atoms with Crippen LogP contribution in [0.15, 0.2) is 36.4 Å². The van der Waals surface area contributed by atoms with Gasteiger partial charge in [-0.25, -0.2) is 0 Å². The molecule has 2 aliphatic carbocycles. The predicted molar refractivity (Wildman–Crippen MR) is 134 cm³/mol. The van der Waals surface area contributed by atoms with Gasteiger partial charge in [-0.3, -0.25) is 4.79 Å². The summed E-state index contributed by atoms with van der Waals surface area (Å²) in [6, 6.07) is 12.4. The Labute approximate surface area is 200 Å². The van der Waals surface area contributed by atoms with Crippen molar-refractivity contribution in [1.29, 1.82) is 0 Å². The van der Waals surface area contributed by atoms with Gasteiger partial charge in [-0.2, -0.15) is 0 Å². The first kappa shape index (κ1) is 21.5. The summed E-state index contributed by atoms with van der Waals surface area (Å²) in [5.74, 6) is 1.23. The lowest BCUT2D eigenvalue weighted by Crippen LogP contribution is -2.43. The van der Waals surface area contributed by atoms with Gasteiger partial charge in [0.05, 0.1) is 19.3 Å². The number of carbonyl (C=O) groups excluding carboxylic acids is 1. The molecule has 0 saturated heterocycles. The number of carbonyl (C=O) groups is 1. The molecule has 0 bridgehead atoms. The molecule has 1 aliphatic heterocycles. The summed E-state index contributed by atoms with van der Waals surface area (Å²) in [6.45, 7) is 9.79. The second-order valence-corrected chi connectivity index (χ2v) is 12.0. The van der Waals surface area contributed by atoms with Gasteiger partial charge in [0.25, 0.3) is 0 Å². The van der Waals surface area contributed by atoms with E-state index in [1.54, 1.807) is 7.11 Å². The number of benzene rings is 3. The van der Waals surface area contributed by atoms with Crippen molar-refractivity contribution in [3.8, 4) is 28.4 Å². The average molecular weight is 457 g/mol. The molecular formula is C30H32O4. The Bertz CT molecular complexity index is 1360. The molecule has 3 aromatic rings. The number of hydrogen-bond acceptors (Lipinski definition) is 4. The van der Waals surface area contributed by atoms with E-state index in [1.807, 2.05) is 12.1 Å². The third-order valence-corrected chi connectivity index (χ3v) is 8.14. The molecule has 1 spiro atoms. The van der Waals surface area contributed by atoms with Crippen LogP contribution in [0.2, 0.25) is 0 Å². The van der Waals surface area contributed by atoms with Crippen LogP contribution in [0.4, 0.5) is 0 Å². The van der Waals surface area contributed by atoms with Crippen LogP contribution in [0.25, 0.3) is 21.9 Å². The van der Waals surface area contributed by atoms with E-state index in [4.69, 9.17) is 9.47 Å². The van der Waals surface area contributed by atoms with Crippen molar-refractivity contribution in [2.75, 3.05) is 13.7 Å². The quantitative estimate of drug-likeness (QED) is 0.427. The zero-order valence-electron chi connectivity index (χ0n) is 20.7. The van der Waals surface area contributed by atoms with Crippen LogP contribution in [0.1, 0.15) is 74.9 Å². The van der Waals surface area contributed by atoms with Crippen molar-refractivity contribution in [3.05, 3.63) is 53.1 Å². The van der Waals surface area contributed by atoms with Gasteiger partial charge in [-0.15, -0.1) is 0 Å². The van der Waals surface area contributed by atoms with Crippen LogP contribution < -0.4 is 9.47 Å². The Morgan fingerprint density at radius 3 is 2.35 bits per heavy atom. The average Bonchev–Trinajstić information content (AvgIpc) is 2.99. The van der Waals surface area contributed by atoms with Crippen LogP contribution in [0, 0.1) is 10.8 Å². The molecule has 4 heteroatoms. The minimum absolute atomic E-state index is 0.0423. The van der Waals surface area contributed by atoms with E-state index in [-0.39, 0.29) is 27.8 Å². The number of fused-ring (bicyclic) bond motifs is 9. The van der Waals surface area contributed by atoms with Gasteiger partial charge < -0.3 is 14.6 Å². The lowest BCUT2D eigenvalue weighted by Gasteiger charge is -2.51. The van der Waals surface area contributed by atoms with E-state index < -0.39 is 0 Å². The van der Waals surface area contributed by atoms with Crippen LogP contribution in [-0.2, 0) is 5.41 Å². The van der Waals surface area contributed by atoms with E-state index in [9.17, 15) is 9.90 Å². The van der Waals surface area contributed by atoms with Crippen LogP contribution in [-0.4, -0.2) is 24.6 Å². The smallest absolute Gasteiger partial charge is 0.172 e. The predicted octanol–water partition coefficient (Wildman–Crippen LogP) is 7.02. The highest BCUT2D eigenvalue weighted by atomic mass is 16.5. The summed E-state index contributed by atoms with van der Waals surface area (Å²) in [5.41, 5.74) is 5.31. The van der Waals surface area contributed by atoms with Gasteiger partial charge in [-0.1, -0.05) is 52.0 Å². The van der Waals surface area contributed by atoms with Crippen molar-refractivity contribution >= 4 is 16.6 Å². The molecule has 34 heavy (non-hydrogen) atoms. The molecule has 0 unspecified atom stereocenters. The van der Waals surface area contributed by atoms with E-state index in [1.165, 1.54) is 11.1 Å². The summed E-state index contributed by atoms with van der Waals surface area (Å²) in [6.07, 6.45) is 3.48. The Morgan fingerprint density at radius 1 is 0.941 bits per heavy atom. The number of ether oxygens (including phenoxy) is 2. The molecule has 1 fully saturated rings. The number of aromatic hydroxyl groups is 1. The molecule has 0 amide bonds. The number of rotatable bonds is 1. The van der Waals surface area contributed by atoms with Gasteiger partial charge in [0, 0.05) is 22.6 Å². The van der Waals surface area contributed by atoms with Crippen LogP contribution in [0.3, 0.4) is 0 Å². The first-order chi connectivity index (χ1) is 16.1. The van der Waals surface area contributed by atoms with Gasteiger partial charge in [0.15, 0.2) is 17.3 Å². The molecule has 0 atom stereocenters. The molecule has 1 saturated carbocycles. The summed E-state index contributed by atoms with van der Waals surface area (Å²) in [7, 11) is 1.57. The van der Waals surface area contributed by atoms with Crippen molar-refractivity contribution < 1.29 is 19.4 Å².